The van der Waals surface area contributed by atoms with Crippen LogP contribution in [0.4, 0.5) is 4.79 Å². The first kappa shape index (κ1) is 15.9. The molecule has 0 aliphatic rings. The van der Waals surface area contributed by atoms with Gasteiger partial charge in [0.1, 0.15) is 0 Å². The van der Waals surface area contributed by atoms with E-state index < -0.39 is 5.97 Å². The van der Waals surface area contributed by atoms with E-state index in [0.717, 1.165) is 0 Å². The Bertz CT molecular complexity index is 446. The molecule has 9 nitrogen and oxygen atoms in total. The number of carboxylic acid groups (broad SMARTS) is 1. The number of ether oxygens (including phenoxy) is 1. The van der Waals surface area contributed by atoms with Gasteiger partial charge in [0, 0.05) is 13.1 Å². The van der Waals surface area contributed by atoms with E-state index in [-0.39, 0.29) is 17.8 Å². The first-order valence-corrected chi connectivity index (χ1v) is 6.25. The van der Waals surface area contributed by atoms with Gasteiger partial charge in [0.15, 0.2) is 5.69 Å². The summed E-state index contributed by atoms with van der Waals surface area (Å²) < 4.78 is 6.62. The summed E-state index contributed by atoms with van der Waals surface area (Å²) in [5.74, 6) is -1.13. The van der Waals surface area contributed by atoms with Crippen molar-refractivity contribution in [3.63, 3.8) is 0 Å². The Balaban J connectivity index is 2.13. The van der Waals surface area contributed by atoms with Gasteiger partial charge in [0.05, 0.1) is 25.5 Å². The minimum Gasteiger partial charge on any atom is -0.476 e. The number of urea groups is 1. The summed E-state index contributed by atoms with van der Waals surface area (Å²) in [6.45, 7) is 5.38. The molecule has 1 aromatic rings. The molecule has 3 N–H and O–H groups in total. The molecule has 0 radical (unpaired) electrons. The summed E-state index contributed by atoms with van der Waals surface area (Å²) in [7, 11) is 0. The van der Waals surface area contributed by atoms with Gasteiger partial charge in [-0.25, -0.2) is 14.3 Å². The Morgan fingerprint density at radius 3 is 2.70 bits per heavy atom. The number of hydrogen-bond donors (Lipinski definition) is 3. The van der Waals surface area contributed by atoms with E-state index in [1.165, 1.54) is 10.9 Å². The summed E-state index contributed by atoms with van der Waals surface area (Å²) in [6.07, 6.45) is 1.44. The molecule has 112 valence electrons. The van der Waals surface area contributed by atoms with Crippen LogP contribution in [0.15, 0.2) is 6.20 Å². The number of amides is 2. The lowest BCUT2D eigenvalue weighted by Crippen LogP contribution is -2.39. The maximum atomic E-state index is 11.4. The largest absolute Gasteiger partial charge is 0.476 e. The number of carboxylic acids is 1. The van der Waals surface area contributed by atoms with Gasteiger partial charge in [0.25, 0.3) is 0 Å². The molecule has 0 aromatic carbocycles. The van der Waals surface area contributed by atoms with Gasteiger partial charge in [-0.15, -0.1) is 5.10 Å². The second-order valence-corrected chi connectivity index (χ2v) is 4.27. The molecule has 0 saturated heterocycles. The molecule has 20 heavy (non-hydrogen) atoms. The summed E-state index contributed by atoms with van der Waals surface area (Å²) in [5.41, 5.74) is -0.125. The van der Waals surface area contributed by atoms with Crippen LogP contribution in [0.1, 0.15) is 24.3 Å². The monoisotopic (exact) mass is 285 g/mol. The zero-order valence-corrected chi connectivity index (χ0v) is 11.5. The molecule has 9 heteroatoms. The Morgan fingerprint density at radius 1 is 1.40 bits per heavy atom. The van der Waals surface area contributed by atoms with Crippen LogP contribution in [-0.4, -0.2) is 57.9 Å². The first-order valence-electron chi connectivity index (χ1n) is 6.25. The first-order chi connectivity index (χ1) is 9.49. The van der Waals surface area contributed by atoms with Crippen LogP contribution in [-0.2, 0) is 11.3 Å². The van der Waals surface area contributed by atoms with Crippen molar-refractivity contribution in [2.24, 2.45) is 0 Å². The van der Waals surface area contributed by atoms with Gasteiger partial charge in [-0.1, -0.05) is 5.21 Å². The summed E-state index contributed by atoms with van der Waals surface area (Å²) >= 11 is 0. The molecule has 0 spiro atoms. The number of rotatable bonds is 8. The molecule has 1 rings (SSSR count). The third kappa shape index (κ3) is 6.14. The van der Waals surface area contributed by atoms with Crippen molar-refractivity contribution in [2.75, 3.05) is 19.7 Å². The van der Waals surface area contributed by atoms with Crippen LogP contribution in [0.3, 0.4) is 0 Å². The van der Waals surface area contributed by atoms with E-state index >= 15 is 0 Å². The number of nitrogens with one attached hydrogen (secondary N) is 2. The van der Waals surface area contributed by atoms with Crippen molar-refractivity contribution in [3.8, 4) is 0 Å². The van der Waals surface area contributed by atoms with Crippen LogP contribution in [0.2, 0.25) is 0 Å². The second-order valence-electron chi connectivity index (χ2n) is 4.27. The number of carbonyl (C=O) groups excluding carboxylic acids is 1. The molecule has 1 aromatic heterocycles. The lowest BCUT2D eigenvalue weighted by Gasteiger charge is -2.09. The highest BCUT2D eigenvalue weighted by atomic mass is 16.5. The van der Waals surface area contributed by atoms with Crippen LogP contribution in [0.25, 0.3) is 0 Å². The highest BCUT2D eigenvalue weighted by molar-refractivity contribution is 5.84. The summed E-state index contributed by atoms with van der Waals surface area (Å²) in [6, 6.07) is -0.309. The SMILES string of the molecule is CC(C)OCCNC(=O)NCCn1cc(C(=O)O)nn1. The molecular formula is C11H19N5O4. The third-order valence-electron chi connectivity index (χ3n) is 2.22. The summed E-state index contributed by atoms with van der Waals surface area (Å²) in [5, 5.41) is 21.0. The van der Waals surface area contributed by atoms with Gasteiger partial charge >= 0.3 is 12.0 Å². The van der Waals surface area contributed by atoms with E-state index in [9.17, 15) is 9.59 Å². The molecule has 0 saturated carbocycles. The topological polar surface area (TPSA) is 118 Å². The fourth-order valence-electron chi connectivity index (χ4n) is 1.31. The highest BCUT2D eigenvalue weighted by Crippen LogP contribution is 1.91. The predicted molar refractivity (Wildman–Crippen MR) is 69.5 cm³/mol. The van der Waals surface area contributed by atoms with Crippen LogP contribution < -0.4 is 10.6 Å². The molecular weight excluding hydrogens is 266 g/mol. The minimum atomic E-state index is -1.13. The molecule has 0 unspecified atom stereocenters. The van der Waals surface area contributed by atoms with Crippen LogP contribution in [0, 0.1) is 0 Å². The quantitative estimate of drug-likeness (QED) is 0.564. The van der Waals surface area contributed by atoms with Gasteiger partial charge in [-0.2, -0.15) is 0 Å². The van der Waals surface area contributed by atoms with E-state index in [1.54, 1.807) is 0 Å². The highest BCUT2D eigenvalue weighted by Gasteiger charge is 2.08. The fraction of sp³-hybridized carbons (Fsp3) is 0.636. The number of carbonyl (C=O) groups is 2. The second kappa shape index (κ2) is 8.10. The number of aromatic carboxylic acids is 1. The lowest BCUT2D eigenvalue weighted by atomic mass is 10.5. The third-order valence-corrected chi connectivity index (χ3v) is 2.22. The van der Waals surface area contributed by atoms with Gasteiger partial charge in [-0.05, 0) is 13.8 Å². The minimum absolute atomic E-state index is 0.125. The average Bonchev–Trinajstić information content (AvgIpc) is 2.83. The van der Waals surface area contributed by atoms with E-state index in [0.29, 0.717) is 26.2 Å². The smallest absolute Gasteiger partial charge is 0.358 e. The molecule has 0 fully saturated rings. The van der Waals surface area contributed by atoms with E-state index in [1.807, 2.05) is 13.8 Å². The average molecular weight is 285 g/mol. The van der Waals surface area contributed by atoms with Gasteiger partial charge < -0.3 is 20.5 Å². The molecule has 0 atom stereocenters. The Morgan fingerprint density at radius 2 is 2.10 bits per heavy atom. The Hall–Kier alpha value is -2.16. The molecule has 0 aliphatic heterocycles. The molecule has 0 bridgehead atoms. The zero-order chi connectivity index (χ0) is 15.0. The molecule has 0 aliphatic carbocycles. The standard InChI is InChI=1S/C11H19N5O4/c1-8(2)20-6-4-13-11(19)12-3-5-16-7-9(10(17)18)14-15-16/h7-8H,3-6H2,1-2H3,(H,17,18)(H2,12,13,19). The normalized spacial score (nSPS) is 10.6. The number of nitrogens with zero attached hydrogens (tertiary/aromatic N) is 3. The van der Waals surface area contributed by atoms with Crippen molar-refractivity contribution >= 4 is 12.0 Å². The molecule has 1 heterocycles. The van der Waals surface area contributed by atoms with Gasteiger partial charge in [0.2, 0.25) is 0 Å². The number of hydrogen-bond acceptors (Lipinski definition) is 5. The maximum Gasteiger partial charge on any atom is 0.358 e. The molecule has 2 amide bonds. The fourth-order valence-corrected chi connectivity index (χ4v) is 1.31. The van der Waals surface area contributed by atoms with Crippen LogP contribution in [0.5, 0.6) is 0 Å². The Kier molecular flexibility index (Phi) is 6.44. The maximum absolute atomic E-state index is 11.4. The summed E-state index contributed by atoms with van der Waals surface area (Å²) in [4.78, 5) is 22.0. The van der Waals surface area contributed by atoms with E-state index in [2.05, 4.69) is 20.9 Å². The van der Waals surface area contributed by atoms with Crippen molar-refractivity contribution in [3.05, 3.63) is 11.9 Å². The number of aromatic nitrogens is 3. The predicted octanol–water partition coefficient (Wildman–Crippen LogP) is -0.299. The van der Waals surface area contributed by atoms with E-state index in [4.69, 9.17) is 9.84 Å². The van der Waals surface area contributed by atoms with Crippen molar-refractivity contribution in [2.45, 2.75) is 26.5 Å². The van der Waals surface area contributed by atoms with Crippen molar-refractivity contribution < 1.29 is 19.4 Å². The van der Waals surface area contributed by atoms with Crippen molar-refractivity contribution in [1.29, 1.82) is 0 Å². The van der Waals surface area contributed by atoms with Crippen LogP contribution >= 0.6 is 0 Å². The van der Waals surface area contributed by atoms with Gasteiger partial charge in [-0.3, -0.25) is 0 Å². The van der Waals surface area contributed by atoms with Crippen molar-refractivity contribution in [1.82, 2.24) is 25.6 Å². The lowest BCUT2D eigenvalue weighted by molar-refractivity contribution is 0.0690. The Labute approximate surface area is 116 Å². The zero-order valence-electron chi connectivity index (χ0n) is 11.5.